The van der Waals surface area contributed by atoms with Crippen LogP contribution in [-0.2, 0) is 13.5 Å². The fourth-order valence-electron chi connectivity index (χ4n) is 2.61. The van der Waals surface area contributed by atoms with Crippen LogP contribution in [0.25, 0.3) is 0 Å². The molecule has 1 amide bonds. The van der Waals surface area contributed by atoms with Crippen LogP contribution in [0.3, 0.4) is 0 Å². The van der Waals surface area contributed by atoms with E-state index >= 15 is 0 Å². The highest BCUT2D eigenvalue weighted by molar-refractivity contribution is 7.08. The number of carbonyl (C=O) groups excluding carboxylic acids is 1. The molecule has 7 nitrogen and oxygen atoms in total. The molecule has 1 aliphatic rings. The molecule has 3 rings (SSSR count). The van der Waals surface area contributed by atoms with Crippen LogP contribution in [0.4, 0.5) is 0 Å². The van der Waals surface area contributed by atoms with Crippen LogP contribution in [0.15, 0.2) is 12.4 Å². The van der Waals surface area contributed by atoms with Crippen molar-refractivity contribution in [3.05, 3.63) is 28.8 Å². The molecule has 0 saturated carbocycles. The monoisotopic (exact) mass is 306 g/mol. The highest BCUT2D eigenvalue weighted by atomic mass is 32.1. The van der Waals surface area contributed by atoms with Gasteiger partial charge >= 0.3 is 0 Å². The molecule has 0 bridgehead atoms. The Bertz CT molecular complexity index is 636. The maximum Gasteiger partial charge on any atom is 0.268 e. The molecule has 3 heterocycles. The summed E-state index contributed by atoms with van der Waals surface area (Å²) >= 11 is 1.18. The Hall–Kier alpha value is -1.80. The molecular formula is C13H18N6OS. The maximum absolute atomic E-state index is 12.8. The second-order valence-electron chi connectivity index (χ2n) is 5.02. The van der Waals surface area contributed by atoms with E-state index < -0.39 is 0 Å². The average Bonchev–Trinajstić information content (AvgIpc) is 3.14. The third-order valence-corrected chi connectivity index (χ3v) is 4.50. The highest BCUT2D eigenvalue weighted by Gasteiger charge is 2.32. The molecule has 0 aromatic carbocycles. The number of hydrogen-bond donors (Lipinski definition) is 1. The predicted molar refractivity (Wildman–Crippen MR) is 79.1 cm³/mol. The summed E-state index contributed by atoms with van der Waals surface area (Å²) in [6.45, 7) is 4.16. The van der Waals surface area contributed by atoms with Crippen molar-refractivity contribution in [1.29, 1.82) is 0 Å². The third-order valence-electron chi connectivity index (χ3n) is 3.75. The number of nitrogens with zero attached hydrogens (tertiary/aromatic N) is 5. The number of aromatic nitrogens is 4. The Balaban J connectivity index is 1.91. The first-order chi connectivity index (χ1) is 10.2. The van der Waals surface area contributed by atoms with Crippen LogP contribution < -0.4 is 5.32 Å². The number of amides is 1. The van der Waals surface area contributed by atoms with Crippen molar-refractivity contribution >= 4 is 17.4 Å². The first-order valence-electron chi connectivity index (χ1n) is 7.02. The van der Waals surface area contributed by atoms with Crippen LogP contribution in [0.2, 0.25) is 0 Å². The van der Waals surface area contributed by atoms with E-state index in [4.69, 9.17) is 0 Å². The zero-order chi connectivity index (χ0) is 14.8. The van der Waals surface area contributed by atoms with Crippen molar-refractivity contribution < 1.29 is 4.79 Å². The van der Waals surface area contributed by atoms with E-state index in [0.29, 0.717) is 18.0 Å². The summed E-state index contributed by atoms with van der Waals surface area (Å²) in [6.07, 6.45) is 4.38. The molecule has 1 N–H and O–H groups in total. The Morgan fingerprint density at radius 2 is 2.43 bits per heavy atom. The van der Waals surface area contributed by atoms with Crippen LogP contribution in [0.1, 0.15) is 34.2 Å². The van der Waals surface area contributed by atoms with Crippen molar-refractivity contribution in [2.45, 2.75) is 19.4 Å². The van der Waals surface area contributed by atoms with Crippen LogP contribution in [0.5, 0.6) is 0 Å². The number of piperazine rings is 1. The van der Waals surface area contributed by atoms with Crippen molar-refractivity contribution in [3.8, 4) is 0 Å². The SMILES string of the molecule is CCc1nnsc1C(=O)N1CCNCC1c1nccn1C. The molecule has 1 unspecified atom stereocenters. The van der Waals surface area contributed by atoms with E-state index in [9.17, 15) is 4.79 Å². The van der Waals surface area contributed by atoms with Gasteiger partial charge in [0.15, 0.2) is 0 Å². The van der Waals surface area contributed by atoms with Gasteiger partial charge in [0.2, 0.25) is 0 Å². The van der Waals surface area contributed by atoms with E-state index in [0.717, 1.165) is 24.5 Å². The van der Waals surface area contributed by atoms with Gasteiger partial charge in [0, 0.05) is 39.1 Å². The molecule has 112 valence electrons. The van der Waals surface area contributed by atoms with Crippen molar-refractivity contribution in [3.63, 3.8) is 0 Å². The number of aryl methyl sites for hydroxylation is 2. The van der Waals surface area contributed by atoms with Gasteiger partial charge < -0.3 is 14.8 Å². The van der Waals surface area contributed by atoms with Crippen LogP contribution in [0, 0.1) is 0 Å². The van der Waals surface area contributed by atoms with Crippen LogP contribution in [-0.4, -0.2) is 49.6 Å². The largest absolute Gasteiger partial charge is 0.336 e. The van der Waals surface area contributed by atoms with Gasteiger partial charge in [0.1, 0.15) is 16.7 Å². The second kappa shape index (κ2) is 5.90. The van der Waals surface area contributed by atoms with Gasteiger partial charge in [0.05, 0.1) is 5.69 Å². The van der Waals surface area contributed by atoms with Gasteiger partial charge in [0.25, 0.3) is 5.91 Å². The van der Waals surface area contributed by atoms with Crippen molar-refractivity contribution in [1.82, 2.24) is 29.4 Å². The minimum atomic E-state index is -0.0574. The van der Waals surface area contributed by atoms with E-state index in [1.165, 1.54) is 11.5 Å². The van der Waals surface area contributed by atoms with Gasteiger partial charge in [-0.1, -0.05) is 11.4 Å². The summed E-state index contributed by atoms with van der Waals surface area (Å²) in [5, 5.41) is 7.37. The van der Waals surface area contributed by atoms with Gasteiger partial charge in [-0.15, -0.1) is 5.10 Å². The second-order valence-corrected chi connectivity index (χ2v) is 5.77. The molecule has 1 saturated heterocycles. The minimum Gasteiger partial charge on any atom is -0.336 e. The van der Waals surface area contributed by atoms with Crippen LogP contribution >= 0.6 is 11.5 Å². The summed E-state index contributed by atoms with van der Waals surface area (Å²) in [6, 6.07) is -0.0574. The smallest absolute Gasteiger partial charge is 0.268 e. The molecular weight excluding hydrogens is 288 g/mol. The van der Waals surface area contributed by atoms with E-state index in [1.54, 1.807) is 6.20 Å². The summed E-state index contributed by atoms with van der Waals surface area (Å²) in [5.74, 6) is 0.905. The Morgan fingerprint density at radius 3 is 3.14 bits per heavy atom. The lowest BCUT2D eigenvalue weighted by molar-refractivity contribution is 0.0624. The molecule has 2 aromatic heterocycles. The quantitative estimate of drug-likeness (QED) is 0.899. The first kappa shape index (κ1) is 14.2. The number of rotatable bonds is 3. The van der Waals surface area contributed by atoms with Gasteiger partial charge in [-0.05, 0) is 18.0 Å². The zero-order valence-electron chi connectivity index (χ0n) is 12.1. The molecule has 21 heavy (non-hydrogen) atoms. The molecule has 2 aromatic rings. The molecule has 0 aliphatic carbocycles. The lowest BCUT2D eigenvalue weighted by atomic mass is 10.1. The summed E-state index contributed by atoms with van der Waals surface area (Å²) < 4.78 is 5.88. The Morgan fingerprint density at radius 1 is 1.57 bits per heavy atom. The van der Waals surface area contributed by atoms with E-state index in [1.807, 2.05) is 29.6 Å². The summed E-state index contributed by atoms with van der Waals surface area (Å²) in [7, 11) is 1.95. The average molecular weight is 306 g/mol. The van der Waals surface area contributed by atoms with Crippen molar-refractivity contribution in [2.75, 3.05) is 19.6 Å². The standard InChI is InChI=1S/C13H18N6OS/c1-3-9-11(21-17-16-9)13(20)19-7-4-14-8-10(19)12-15-5-6-18(12)2/h5-6,10,14H,3-4,7-8H2,1-2H3. The third kappa shape index (κ3) is 2.56. The lowest BCUT2D eigenvalue weighted by Gasteiger charge is -2.35. The molecule has 0 spiro atoms. The maximum atomic E-state index is 12.8. The molecule has 8 heteroatoms. The van der Waals surface area contributed by atoms with Crippen molar-refractivity contribution in [2.24, 2.45) is 7.05 Å². The number of hydrogen-bond acceptors (Lipinski definition) is 6. The fourth-order valence-corrected chi connectivity index (χ4v) is 3.32. The topological polar surface area (TPSA) is 75.9 Å². The number of nitrogens with one attached hydrogen (secondary N) is 1. The van der Waals surface area contributed by atoms with Gasteiger partial charge in [-0.25, -0.2) is 4.98 Å². The zero-order valence-corrected chi connectivity index (χ0v) is 12.9. The summed E-state index contributed by atoms with van der Waals surface area (Å²) in [5.41, 5.74) is 0.780. The Kier molecular flexibility index (Phi) is 3.98. The molecule has 1 aliphatic heterocycles. The van der Waals surface area contributed by atoms with E-state index in [2.05, 4.69) is 19.9 Å². The van der Waals surface area contributed by atoms with Gasteiger partial charge in [-0.2, -0.15) is 0 Å². The highest BCUT2D eigenvalue weighted by Crippen LogP contribution is 2.24. The normalized spacial score (nSPS) is 19.0. The number of imidazole rings is 1. The lowest BCUT2D eigenvalue weighted by Crippen LogP contribution is -2.49. The fraction of sp³-hybridized carbons (Fsp3) is 0.538. The predicted octanol–water partition coefficient (Wildman–Crippen LogP) is 0.621. The molecule has 1 atom stereocenters. The number of carbonyl (C=O) groups is 1. The molecule has 1 fully saturated rings. The molecule has 0 radical (unpaired) electrons. The minimum absolute atomic E-state index is 0.0105. The van der Waals surface area contributed by atoms with E-state index in [-0.39, 0.29) is 11.9 Å². The Labute approximate surface area is 127 Å². The first-order valence-corrected chi connectivity index (χ1v) is 7.79. The summed E-state index contributed by atoms with van der Waals surface area (Å²) in [4.78, 5) is 19.8. The van der Waals surface area contributed by atoms with Gasteiger partial charge in [-0.3, -0.25) is 4.79 Å².